The van der Waals surface area contributed by atoms with Gasteiger partial charge in [-0.05, 0) is 24.1 Å². The SMILES string of the molecule is CCc1cccc(OCC(=O)N[C@@H](CO)C(=O)O)c1. The predicted octanol–water partition coefficient (Wildman–Crippen LogP) is 0.189. The molecule has 1 rings (SSSR count). The van der Waals surface area contributed by atoms with Crippen molar-refractivity contribution in [1.29, 1.82) is 0 Å². The van der Waals surface area contributed by atoms with E-state index in [1.807, 2.05) is 25.1 Å². The Labute approximate surface area is 111 Å². The summed E-state index contributed by atoms with van der Waals surface area (Å²) in [6.07, 6.45) is 0.856. The van der Waals surface area contributed by atoms with Gasteiger partial charge in [0.15, 0.2) is 6.61 Å². The first kappa shape index (κ1) is 15.0. The van der Waals surface area contributed by atoms with Crippen LogP contribution in [-0.4, -0.2) is 41.3 Å². The van der Waals surface area contributed by atoms with Crippen LogP contribution in [0.25, 0.3) is 0 Å². The number of carbonyl (C=O) groups excluding carboxylic acids is 1. The van der Waals surface area contributed by atoms with Crippen molar-refractivity contribution < 1.29 is 24.5 Å². The maximum Gasteiger partial charge on any atom is 0.328 e. The maximum absolute atomic E-state index is 11.4. The first-order valence-electron chi connectivity index (χ1n) is 5.91. The highest BCUT2D eigenvalue weighted by molar-refractivity contribution is 5.84. The number of amides is 1. The van der Waals surface area contributed by atoms with E-state index in [1.165, 1.54) is 0 Å². The summed E-state index contributed by atoms with van der Waals surface area (Å²) in [5.41, 5.74) is 1.08. The number of hydrogen-bond donors (Lipinski definition) is 3. The molecule has 1 aromatic carbocycles. The molecule has 0 aromatic heterocycles. The number of aliphatic hydroxyl groups is 1. The molecule has 0 bridgehead atoms. The molecule has 1 atom stereocenters. The summed E-state index contributed by atoms with van der Waals surface area (Å²) >= 11 is 0. The van der Waals surface area contributed by atoms with E-state index in [0.717, 1.165) is 12.0 Å². The molecular formula is C13H17NO5. The van der Waals surface area contributed by atoms with Gasteiger partial charge in [-0.1, -0.05) is 19.1 Å². The second-order valence-corrected chi connectivity index (χ2v) is 3.93. The molecular weight excluding hydrogens is 250 g/mol. The number of ether oxygens (including phenoxy) is 1. The molecule has 0 heterocycles. The molecule has 0 spiro atoms. The number of carboxylic acid groups (broad SMARTS) is 1. The molecule has 6 nitrogen and oxygen atoms in total. The summed E-state index contributed by atoms with van der Waals surface area (Å²) in [5, 5.41) is 19.6. The zero-order valence-electron chi connectivity index (χ0n) is 10.6. The van der Waals surface area contributed by atoms with Crippen LogP contribution >= 0.6 is 0 Å². The molecule has 0 saturated heterocycles. The van der Waals surface area contributed by atoms with Gasteiger partial charge in [0, 0.05) is 0 Å². The second-order valence-electron chi connectivity index (χ2n) is 3.93. The number of nitrogens with one attached hydrogen (secondary N) is 1. The molecule has 3 N–H and O–H groups in total. The van der Waals surface area contributed by atoms with Gasteiger partial charge in [-0.2, -0.15) is 0 Å². The van der Waals surface area contributed by atoms with Crippen LogP contribution in [0.3, 0.4) is 0 Å². The van der Waals surface area contributed by atoms with Gasteiger partial charge >= 0.3 is 5.97 Å². The Balaban J connectivity index is 2.47. The van der Waals surface area contributed by atoms with Crippen LogP contribution in [0.5, 0.6) is 5.75 Å². The van der Waals surface area contributed by atoms with E-state index in [9.17, 15) is 9.59 Å². The number of aliphatic hydroxyl groups excluding tert-OH is 1. The van der Waals surface area contributed by atoms with Crippen LogP contribution in [-0.2, 0) is 16.0 Å². The lowest BCUT2D eigenvalue weighted by Gasteiger charge is -2.12. The summed E-state index contributed by atoms with van der Waals surface area (Å²) in [4.78, 5) is 22.0. The number of rotatable bonds is 7. The molecule has 1 amide bonds. The molecule has 0 fully saturated rings. The van der Waals surface area contributed by atoms with Crippen LogP contribution in [0.4, 0.5) is 0 Å². The zero-order chi connectivity index (χ0) is 14.3. The van der Waals surface area contributed by atoms with Gasteiger partial charge in [-0.15, -0.1) is 0 Å². The summed E-state index contributed by atoms with van der Waals surface area (Å²) in [7, 11) is 0. The van der Waals surface area contributed by atoms with Gasteiger partial charge in [0.25, 0.3) is 5.91 Å². The van der Waals surface area contributed by atoms with Crippen molar-refractivity contribution in [2.24, 2.45) is 0 Å². The van der Waals surface area contributed by atoms with Crippen LogP contribution in [0.15, 0.2) is 24.3 Å². The van der Waals surface area contributed by atoms with Crippen LogP contribution in [0.2, 0.25) is 0 Å². The van der Waals surface area contributed by atoms with Gasteiger partial charge in [0.05, 0.1) is 6.61 Å². The number of carboxylic acids is 1. The minimum absolute atomic E-state index is 0.295. The fourth-order valence-corrected chi connectivity index (χ4v) is 1.43. The average molecular weight is 267 g/mol. The van der Waals surface area contributed by atoms with E-state index < -0.39 is 24.5 Å². The third-order valence-corrected chi connectivity index (χ3v) is 2.49. The van der Waals surface area contributed by atoms with Crippen molar-refractivity contribution >= 4 is 11.9 Å². The number of aliphatic carboxylic acids is 1. The molecule has 0 aliphatic carbocycles. The van der Waals surface area contributed by atoms with Crippen LogP contribution in [0.1, 0.15) is 12.5 Å². The van der Waals surface area contributed by atoms with Crippen molar-refractivity contribution in [3.8, 4) is 5.75 Å². The molecule has 19 heavy (non-hydrogen) atoms. The van der Waals surface area contributed by atoms with Gasteiger partial charge in [0.1, 0.15) is 11.8 Å². The van der Waals surface area contributed by atoms with Crippen molar-refractivity contribution in [3.63, 3.8) is 0 Å². The van der Waals surface area contributed by atoms with E-state index in [-0.39, 0.29) is 6.61 Å². The minimum Gasteiger partial charge on any atom is -0.484 e. The van der Waals surface area contributed by atoms with E-state index in [4.69, 9.17) is 14.9 Å². The smallest absolute Gasteiger partial charge is 0.328 e. The summed E-state index contributed by atoms with van der Waals surface area (Å²) in [6.45, 7) is 1.05. The predicted molar refractivity (Wildman–Crippen MR) is 68.0 cm³/mol. The molecule has 0 aliphatic heterocycles. The monoisotopic (exact) mass is 267 g/mol. The van der Waals surface area contributed by atoms with Gasteiger partial charge in [-0.25, -0.2) is 4.79 Å². The van der Waals surface area contributed by atoms with Crippen LogP contribution in [0, 0.1) is 0 Å². The Kier molecular flexibility index (Phi) is 5.81. The topological polar surface area (TPSA) is 95.9 Å². The quantitative estimate of drug-likeness (QED) is 0.655. The lowest BCUT2D eigenvalue weighted by Crippen LogP contribution is -2.45. The average Bonchev–Trinajstić information content (AvgIpc) is 2.42. The fourth-order valence-electron chi connectivity index (χ4n) is 1.43. The summed E-state index contributed by atoms with van der Waals surface area (Å²) in [5.74, 6) is -1.34. The molecule has 0 unspecified atom stereocenters. The molecule has 0 aliphatic rings. The van der Waals surface area contributed by atoms with E-state index in [1.54, 1.807) is 6.07 Å². The van der Waals surface area contributed by atoms with Crippen molar-refractivity contribution in [2.45, 2.75) is 19.4 Å². The highest BCUT2D eigenvalue weighted by Gasteiger charge is 2.18. The van der Waals surface area contributed by atoms with Gasteiger partial charge < -0.3 is 20.3 Å². The van der Waals surface area contributed by atoms with Gasteiger partial charge in [0.2, 0.25) is 0 Å². The van der Waals surface area contributed by atoms with E-state index in [0.29, 0.717) is 5.75 Å². The Morgan fingerprint density at radius 3 is 2.74 bits per heavy atom. The Hall–Kier alpha value is -2.08. The molecule has 104 valence electrons. The van der Waals surface area contributed by atoms with Crippen molar-refractivity contribution in [2.75, 3.05) is 13.2 Å². The highest BCUT2D eigenvalue weighted by Crippen LogP contribution is 2.13. The van der Waals surface area contributed by atoms with E-state index in [2.05, 4.69) is 5.32 Å². The zero-order valence-corrected chi connectivity index (χ0v) is 10.6. The molecule has 6 heteroatoms. The maximum atomic E-state index is 11.4. The second kappa shape index (κ2) is 7.38. The molecule has 0 saturated carbocycles. The minimum atomic E-state index is -1.31. The fraction of sp³-hybridized carbons (Fsp3) is 0.385. The number of benzene rings is 1. The summed E-state index contributed by atoms with van der Waals surface area (Å²) in [6, 6.07) is 5.98. The largest absolute Gasteiger partial charge is 0.484 e. The first-order valence-corrected chi connectivity index (χ1v) is 5.91. The van der Waals surface area contributed by atoms with Crippen molar-refractivity contribution in [3.05, 3.63) is 29.8 Å². The van der Waals surface area contributed by atoms with E-state index >= 15 is 0 Å². The Bertz CT molecular complexity index is 446. The Morgan fingerprint density at radius 1 is 1.42 bits per heavy atom. The third-order valence-electron chi connectivity index (χ3n) is 2.49. The number of carbonyl (C=O) groups is 2. The lowest BCUT2D eigenvalue weighted by atomic mass is 10.2. The number of aryl methyl sites for hydroxylation is 1. The normalized spacial score (nSPS) is 11.7. The lowest BCUT2D eigenvalue weighted by molar-refractivity contribution is -0.143. The van der Waals surface area contributed by atoms with Crippen LogP contribution < -0.4 is 10.1 Å². The first-order chi connectivity index (χ1) is 9.06. The van der Waals surface area contributed by atoms with Gasteiger partial charge in [-0.3, -0.25) is 4.79 Å². The molecule has 1 aromatic rings. The van der Waals surface area contributed by atoms with Crippen molar-refractivity contribution in [1.82, 2.24) is 5.32 Å². The molecule has 0 radical (unpaired) electrons. The standard InChI is InChI=1S/C13H17NO5/c1-2-9-4-3-5-10(6-9)19-8-12(16)14-11(7-15)13(17)18/h3-6,11,15H,2,7-8H2,1H3,(H,14,16)(H,17,18)/t11-/m0/s1. The highest BCUT2D eigenvalue weighted by atomic mass is 16.5. The summed E-state index contributed by atoms with van der Waals surface area (Å²) < 4.78 is 5.25. The third kappa shape index (κ3) is 4.97. The number of hydrogen-bond acceptors (Lipinski definition) is 4. The Morgan fingerprint density at radius 2 is 2.16 bits per heavy atom.